The second-order valence-electron chi connectivity index (χ2n) is 7.49. The summed E-state index contributed by atoms with van der Waals surface area (Å²) in [6.45, 7) is -0.682. The summed E-state index contributed by atoms with van der Waals surface area (Å²) >= 11 is 0. The van der Waals surface area contributed by atoms with Gasteiger partial charge in [0.2, 0.25) is 6.10 Å². The Morgan fingerprint density at radius 2 is 1.65 bits per heavy atom. The summed E-state index contributed by atoms with van der Waals surface area (Å²) in [4.78, 5) is 36.6. The fourth-order valence-corrected chi connectivity index (χ4v) is 3.29. The maximum Gasteiger partial charge on any atom is 0.342 e. The van der Waals surface area contributed by atoms with E-state index in [1.54, 1.807) is 30.3 Å². The lowest BCUT2D eigenvalue weighted by Gasteiger charge is -2.25. The number of aromatic hydroxyl groups is 1. The summed E-state index contributed by atoms with van der Waals surface area (Å²) in [5, 5.41) is 10.0. The van der Waals surface area contributed by atoms with Gasteiger partial charge in [0.15, 0.2) is 18.1 Å². The van der Waals surface area contributed by atoms with Gasteiger partial charge in [-0.15, -0.1) is 0 Å². The molecular weight excluding hydrogens is 440 g/mol. The zero-order valence-electron chi connectivity index (χ0n) is 18.0. The number of ether oxygens (including phenoxy) is 3. The Morgan fingerprint density at radius 3 is 2.44 bits per heavy atom. The monoisotopic (exact) mass is 462 g/mol. The predicted octanol–water partition coefficient (Wildman–Crippen LogP) is 2.13. The Morgan fingerprint density at radius 1 is 0.912 bits per heavy atom. The van der Waals surface area contributed by atoms with Gasteiger partial charge >= 0.3 is 5.97 Å². The van der Waals surface area contributed by atoms with E-state index in [-0.39, 0.29) is 17.9 Å². The van der Waals surface area contributed by atoms with Crippen molar-refractivity contribution in [3.8, 4) is 17.2 Å². The van der Waals surface area contributed by atoms with Gasteiger partial charge in [-0.2, -0.15) is 0 Å². The topological polar surface area (TPSA) is 123 Å². The Labute approximate surface area is 195 Å². The van der Waals surface area contributed by atoms with Crippen LogP contribution in [0, 0.1) is 0 Å². The number of phenolic OH excluding ortho intramolecular Hbond substituents is 1. The molecule has 0 bridgehead atoms. The molecule has 0 saturated heterocycles. The molecule has 0 saturated carbocycles. The summed E-state index contributed by atoms with van der Waals surface area (Å²) in [5.74, 6) is -1.57. The molecule has 0 aliphatic carbocycles. The molecule has 1 aliphatic heterocycles. The number of benzene rings is 3. The second kappa shape index (κ2) is 10.4. The highest BCUT2D eigenvalue weighted by Gasteiger charge is 2.27. The maximum atomic E-state index is 12.4. The molecule has 1 heterocycles. The lowest BCUT2D eigenvalue weighted by molar-refractivity contribution is -0.135. The quantitative estimate of drug-likeness (QED) is 0.379. The summed E-state index contributed by atoms with van der Waals surface area (Å²) in [7, 11) is 0. The molecule has 0 aromatic heterocycles. The average Bonchev–Trinajstić information content (AvgIpc) is 2.87. The third-order valence-corrected chi connectivity index (χ3v) is 4.99. The standard InChI is InChI=1S/C25H22N2O7/c28-19-11-10-17(12-16-6-2-1-3-7-16)13-18(19)25(31)33-15-23(29)26-27-24(30)22-14-32-20-8-4-5-9-21(20)34-22/h1-11,13,22,28H,12,14-15H2,(H,26,29)(H,27,30). The van der Waals surface area contributed by atoms with E-state index in [0.29, 0.717) is 17.9 Å². The van der Waals surface area contributed by atoms with Crippen molar-refractivity contribution in [1.82, 2.24) is 10.9 Å². The number of rotatable bonds is 6. The third kappa shape index (κ3) is 5.63. The number of carbonyl (C=O) groups excluding carboxylic acids is 3. The van der Waals surface area contributed by atoms with Gasteiger partial charge in [0.05, 0.1) is 0 Å². The van der Waals surface area contributed by atoms with Gasteiger partial charge in [-0.05, 0) is 41.8 Å². The SMILES string of the molecule is O=C(COC(=O)c1cc(Cc2ccccc2)ccc1O)NNC(=O)C1COc2ccccc2O1. The van der Waals surface area contributed by atoms with Crippen molar-refractivity contribution in [1.29, 1.82) is 0 Å². The number of hydrogen-bond donors (Lipinski definition) is 3. The Bertz CT molecular complexity index is 1200. The molecule has 3 N–H and O–H groups in total. The van der Waals surface area contributed by atoms with Gasteiger partial charge in [0.1, 0.15) is 17.9 Å². The van der Waals surface area contributed by atoms with E-state index in [9.17, 15) is 19.5 Å². The van der Waals surface area contributed by atoms with E-state index in [2.05, 4.69) is 10.9 Å². The molecule has 1 aliphatic rings. The van der Waals surface area contributed by atoms with E-state index >= 15 is 0 Å². The van der Waals surface area contributed by atoms with Crippen LogP contribution in [-0.2, 0) is 20.7 Å². The van der Waals surface area contributed by atoms with Crippen LogP contribution in [0.1, 0.15) is 21.5 Å². The molecule has 1 atom stereocenters. The van der Waals surface area contributed by atoms with Gasteiger partial charge in [-0.3, -0.25) is 20.4 Å². The molecule has 9 heteroatoms. The molecule has 9 nitrogen and oxygen atoms in total. The van der Waals surface area contributed by atoms with Crippen molar-refractivity contribution in [2.75, 3.05) is 13.2 Å². The lowest BCUT2D eigenvalue weighted by atomic mass is 10.0. The number of para-hydroxylation sites is 2. The van der Waals surface area contributed by atoms with Crippen LogP contribution in [0.3, 0.4) is 0 Å². The summed E-state index contributed by atoms with van der Waals surface area (Å²) in [6.07, 6.45) is -0.396. The van der Waals surface area contributed by atoms with Crippen molar-refractivity contribution in [3.63, 3.8) is 0 Å². The molecule has 1 unspecified atom stereocenters. The van der Waals surface area contributed by atoms with E-state index in [1.165, 1.54) is 12.1 Å². The molecule has 174 valence electrons. The first kappa shape index (κ1) is 22.7. The van der Waals surface area contributed by atoms with Gasteiger partial charge in [0.25, 0.3) is 11.8 Å². The van der Waals surface area contributed by atoms with Crippen molar-refractivity contribution in [2.45, 2.75) is 12.5 Å². The number of hydrogen-bond acceptors (Lipinski definition) is 7. The Balaban J connectivity index is 1.26. The number of esters is 1. The van der Waals surface area contributed by atoms with E-state index in [1.807, 2.05) is 30.3 Å². The third-order valence-electron chi connectivity index (χ3n) is 4.99. The lowest BCUT2D eigenvalue weighted by Crippen LogP contribution is -2.51. The van der Waals surface area contributed by atoms with Crippen LogP contribution in [0.2, 0.25) is 0 Å². The molecule has 0 fully saturated rings. The number of amides is 2. The first-order chi connectivity index (χ1) is 16.5. The predicted molar refractivity (Wildman–Crippen MR) is 120 cm³/mol. The van der Waals surface area contributed by atoms with E-state index in [0.717, 1.165) is 11.1 Å². The summed E-state index contributed by atoms with van der Waals surface area (Å²) in [5.41, 5.74) is 6.14. The van der Waals surface area contributed by atoms with Gasteiger partial charge in [-0.25, -0.2) is 4.79 Å². The number of carbonyl (C=O) groups is 3. The van der Waals surface area contributed by atoms with Crippen LogP contribution < -0.4 is 20.3 Å². The van der Waals surface area contributed by atoms with Gasteiger partial charge in [0, 0.05) is 0 Å². The molecular formula is C25H22N2O7. The number of phenols is 1. The highest BCUT2D eigenvalue weighted by Crippen LogP contribution is 2.30. The van der Waals surface area contributed by atoms with Gasteiger partial charge < -0.3 is 19.3 Å². The molecule has 0 spiro atoms. The van der Waals surface area contributed by atoms with Crippen LogP contribution in [-0.4, -0.2) is 42.2 Å². The minimum Gasteiger partial charge on any atom is -0.507 e. The number of nitrogens with one attached hydrogen (secondary N) is 2. The van der Waals surface area contributed by atoms with E-state index in [4.69, 9.17) is 14.2 Å². The largest absolute Gasteiger partial charge is 0.507 e. The molecule has 4 rings (SSSR count). The minimum absolute atomic E-state index is 0.0215. The van der Waals surface area contributed by atoms with Crippen LogP contribution in [0.4, 0.5) is 0 Å². The molecule has 34 heavy (non-hydrogen) atoms. The first-order valence-corrected chi connectivity index (χ1v) is 10.5. The maximum absolute atomic E-state index is 12.4. The van der Waals surface area contributed by atoms with Crippen molar-refractivity contribution in [2.24, 2.45) is 0 Å². The van der Waals surface area contributed by atoms with Crippen molar-refractivity contribution >= 4 is 17.8 Å². The van der Waals surface area contributed by atoms with Crippen LogP contribution >= 0.6 is 0 Å². The zero-order valence-corrected chi connectivity index (χ0v) is 18.0. The molecule has 3 aromatic carbocycles. The fourth-order valence-electron chi connectivity index (χ4n) is 3.29. The Hall–Kier alpha value is -4.53. The summed E-state index contributed by atoms with van der Waals surface area (Å²) < 4.78 is 16.0. The fraction of sp³-hybridized carbons (Fsp3) is 0.160. The zero-order chi connectivity index (χ0) is 23.9. The van der Waals surface area contributed by atoms with Crippen LogP contribution in [0.25, 0.3) is 0 Å². The van der Waals surface area contributed by atoms with Crippen LogP contribution in [0.15, 0.2) is 72.8 Å². The molecule has 2 amide bonds. The molecule has 3 aromatic rings. The normalized spacial score (nSPS) is 14.1. The minimum atomic E-state index is -0.956. The highest BCUT2D eigenvalue weighted by molar-refractivity contribution is 5.94. The average molecular weight is 462 g/mol. The van der Waals surface area contributed by atoms with Crippen LogP contribution in [0.5, 0.6) is 17.2 Å². The first-order valence-electron chi connectivity index (χ1n) is 10.5. The second-order valence-corrected chi connectivity index (χ2v) is 7.49. The Kier molecular flexibility index (Phi) is 6.92. The van der Waals surface area contributed by atoms with Gasteiger partial charge in [-0.1, -0.05) is 48.5 Å². The van der Waals surface area contributed by atoms with E-state index < -0.39 is 30.5 Å². The molecule has 0 radical (unpaired) electrons. The van der Waals surface area contributed by atoms with Crippen molar-refractivity contribution < 1.29 is 33.7 Å². The number of hydrazine groups is 1. The smallest absolute Gasteiger partial charge is 0.342 e. The highest BCUT2D eigenvalue weighted by atomic mass is 16.6. The van der Waals surface area contributed by atoms with Crippen molar-refractivity contribution in [3.05, 3.63) is 89.5 Å². The summed E-state index contributed by atoms with van der Waals surface area (Å²) in [6, 6.07) is 21.2. The number of fused-ring (bicyclic) bond motifs is 1.